The number of carbonyl (C=O) groups is 1. The molecule has 1 aromatic heterocycles. The molecule has 0 saturated carbocycles. The second-order valence-electron chi connectivity index (χ2n) is 5.54. The van der Waals surface area contributed by atoms with E-state index in [2.05, 4.69) is 20.8 Å². The Labute approximate surface area is 156 Å². The zero-order chi connectivity index (χ0) is 19.4. The first kappa shape index (κ1) is 18.9. The molecular formula is C17H14F3N5OS. The Bertz CT molecular complexity index is 930. The van der Waals surface area contributed by atoms with E-state index in [1.807, 2.05) is 30.3 Å². The van der Waals surface area contributed by atoms with Crippen LogP contribution >= 0.6 is 11.8 Å². The molecular weight excluding hydrogens is 379 g/mol. The van der Waals surface area contributed by atoms with Gasteiger partial charge < -0.3 is 5.32 Å². The molecule has 0 fully saturated rings. The van der Waals surface area contributed by atoms with Crippen molar-refractivity contribution in [2.45, 2.75) is 23.5 Å². The summed E-state index contributed by atoms with van der Waals surface area (Å²) in [6.45, 7) is 1.62. The Morgan fingerprint density at radius 2 is 1.89 bits per heavy atom. The highest BCUT2D eigenvalue weighted by Crippen LogP contribution is 2.31. The van der Waals surface area contributed by atoms with Crippen LogP contribution in [0.25, 0.3) is 5.69 Å². The van der Waals surface area contributed by atoms with Gasteiger partial charge in [0.25, 0.3) is 0 Å². The molecule has 0 saturated heterocycles. The van der Waals surface area contributed by atoms with Crippen molar-refractivity contribution in [2.24, 2.45) is 0 Å². The Morgan fingerprint density at radius 3 is 2.59 bits per heavy atom. The fourth-order valence-corrected chi connectivity index (χ4v) is 3.02. The first-order valence-electron chi connectivity index (χ1n) is 7.83. The lowest BCUT2D eigenvalue weighted by atomic mass is 10.2. The maximum absolute atomic E-state index is 12.8. The highest BCUT2D eigenvalue weighted by molar-refractivity contribution is 8.00. The van der Waals surface area contributed by atoms with Crippen LogP contribution in [0.2, 0.25) is 0 Å². The molecule has 2 aromatic carbocycles. The fraction of sp³-hybridized carbons (Fsp3) is 0.176. The number of nitrogens with zero attached hydrogens (tertiary/aromatic N) is 4. The minimum absolute atomic E-state index is 0.0740. The summed E-state index contributed by atoms with van der Waals surface area (Å²) in [5.41, 5.74) is -0.0194. The summed E-state index contributed by atoms with van der Waals surface area (Å²) >= 11 is 1.10. The quantitative estimate of drug-likeness (QED) is 0.668. The Kier molecular flexibility index (Phi) is 5.45. The molecule has 0 spiro atoms. The molecule has 27 heavy (non-hydrogen) atoms. The minimum atomic E-state index is -4.47. The molecule has 1 atom stereocenters. The predicted molar refractivity (Wildman–Crippen MR) is 94.5 cm³/mol. The minimum Gasteiger partial charge on any atom is -0.325 e. The van der Waals surface area contributed by atoms with Gasteiger partial charge in [-0.05, 0) is 47.7 Å². The van der Waals surface area contributed by atoms with E-state index in [4.69, 9.17) is 0 Å². The van der Waals surface area contributed by atoms with Crippen LogP contribution in [0.3, 0.4) is 0 Å². The molecule has 0 bridgehead atoms. The van der Waals surface area contributed by atoms with Crippen molar-refractivity contribution in [1.82, 2.24) is 20.2 Å². The summed E-state index contributed by atoms with van der Waals surface area (Å²) in [7, 11) is 0. The molecule has 0 unspecified atom stereocenters. The highest BCUT2D eigenvalue weighted by Gasteiger charge is 2.30. The molecule has 3 aromatic rings. The van der Waals surface area contributed by atoms with Crippen LogP contribution in [0.5, 0.6) is 0 Å². The lowest BCUT2D eigenvalue weighted by Crippen LogP contribution is -2.23. The van der Waals surface area contributed by atoms with E-state index in [0.717, 1.165) is 29.6 Å². The standard InChI is InChI=1S/C17H14F3N5OS/c1-11(15(26)21-13-7-5-6-12(10-13)17(18,19)20)27-16-22-23-24-25(16)14-8-3-2-4-9-14/h2-11H,1H3,(H,21,26)/t11-/m0/s1. The number of hydrogen-bond donors (Lipinski definition) is 1. The maximum atomic E-state index is 12.8. The third kappa shape index (κ3) is 4.64. The molecule has 6 nitrogen and oxygen atoms in total. The molecule has 10 heteroatoms. The summed E-state index contributed by atoms with van der Waals surface area (Å²) in [6.07, 6.45) is -4.47. The molecule has 3 rings (SSSR count). The van der Waals surface area contributed by atoms with Crippen molar-refractivity contribution in [3.05, 3.63) is 60.2 Å². The summed E-state index contributed by atoms with van der Waals surface area (Å²) in [5, 5.41) is 13.7. The smallest absolute Gasteiger partial charge is 0.325 e. The van der Waals surface area contributed by atoms with Crippen molar-refractivity contribution in [1.29, 1.82) is 0 Å². The topological polar surface area (TPSA) is 72.7 Å². The van der Waals surface area contributed by atoms with Gasteiger partial charge in [0, 0.05) is 5.69 Å². The third-order valence-corrected chi connectivity index (χ3v) is 4.58. The number of benzene rings is 2. The Morgan fingerprint density at radius 1 is 1.15 bits per heavy atom. The van der Waals surface area contributed by atoms with Gasteiger partial charge in [0.15, 0.2) is 0 Å². The van der Waals surface area contributed by atoms with E-state index < -0.39 is 22.9 Å². The maximum Gasteiger partial charge on any atom is 0.416 e. The van der Waals surface area contributed by atoms with Gasteiger partial charge in [-0.1, -0.05) is 36.0 Å². The van der Waals surface area contributed by atoms with E-state index in [1.165, 1.54) is 16.8 Å². The van der Waals surface area contributed by atoms with E-state index in [9.17, 15) is 18.0 Å². The van der Waals surface area contributed by atoms with Gasteiger partial charge in [-0.3, -0.25) is 4.79 Å². The number of carbonyl (C=O) groups excluding carboxylic acids is 1. The Hall–Kier alpha value is -2.88. The van der Waals surface area contributed by atoms with Crippen molar-refractivity contribution in [3.8, 4) is 5.69 Å². The largest absolute Gasteiger partial charge is 0.416 e. The summed E-state index contributed by atoms with van der Waals surface area (Å²) in [6, 6.07) is 13.6. The molecule has 0 aliphatic carbocycles. The summed E-state index contributed by atoms with van der Waals surface area (Å²) in [4.78, 5) is 12.4. The van der Waals surface area contributed by atoms with Gasteiger partial charge in [-0.2, -0.15) is 17.9 Å². The Balaban J connectivity index is 1.70. The van der Waals surface area contributed by atoms with Crippen molar-refractivity contribution in [2.75, 3.05) is 5.32 Å². The van der Waals surface area contributed by atoms with Crippen LogP contribution in [-0.4, -0.2) is 31.4 Å². The molecule has 0 aliphatic heterocycles. The number of rotatable bonds is 5. The van der Waals surface area contributed by atoms with Gasteiger partial charge in [0.2, 0.25) is 11.1 Å². The zero-order valence-corrected chi connectivity index (χ0v) is 14.8. The second-order valence-corrected chi connectivity index (χ2v) is 6.84. The van der Waals surface area contributed by atoms with E-state index in [-0.39, 0.29) is 5.69 Å². The lowest BCUT2D eigenvalue weighted by molar-refractivity contribution is -0.137. The first-order chi connectivity index (χ1) is 12.8. The number of hydrogen-bond acceptors (Lipinski definition) is 5. The number of nitrogens with one attached hydrogen (secondary N) is 1. The summed E-state index contributed by atoms with van der Waals surface area (Å²) in [5.74, 6) is -0.457. The molecule has 1 N–H and O–H groups in total. The third-order valence-electron chi connectivity index (χ3n) is 3.55. The number of halogens is 3. The average Bonchev–Trinajstić information content (AvgIpc) is 3.10. The normalized spacial score (nSPS) is 12.6. The van der Waals surface area contributed by atoms with Crippen molar-refractivity contribution in [3.63, 3.8) is 0 Å². The van der Waals surface area contributed by atoms with Gasteiger partial charge in [-0.15, -0.1) is 5.10 Å². The second kappa shape index (κ2) is 7.78. The van der Waals surface area contributed by atoms with Crippen LogP contribution in [0, 0.1) is 0 Å². The SMILES string of the molecule is C[C@H](Sc1nnnn1-c1ccccc1)C(=O)Nc1cccc(C(F)(F)F)c1. The van der Waals surface area contributed by atoms with Crippen LogP contribution < -0.4 is 5.32 Å². The number of alkyl halides is 3. The van der Waals surface area contributed by atoms with Crippen molar-refractivity contribution >= 4 is 23.4 Å². The molecule has 1 amide bonds. The van der Waals surface area contributed by atoms with Crippen molar-refractivity contribution < 1.29 is 18.0 Å². The van der Waals surface area contributed by atoms with Gasteiger partial charge in [-0.25, -0.2) is 0 Å². The van der Waals surface area contributed by atoms with Gasteiger partial charge >= 0.3 is 6.18 Å². The van der Waals surface area contributed by atoms with Crippen LogP contribution in [0.1, 0.15) is 12.5 Å². The molecule has 1 heterocycles. The van der Waals surface area contributed by atoms with Crippen LogP contribution in [0.4, 0.5) is 18.9 Å². The number of anilines is 1. The van der Waals surface area contributed by atoms with Crippen LogP contribution in [0.15, 0.2) is 59.8 Å². The monoisotopic (exact) mass is 393 g/mol. The number of amides is 1. The van der Waals surface area contributed by atoms with E-state index >= 15 is 0 Å². The first-order valence-corrected chi connectivity index (χ1v) is 8.71. The molecule has 140 valence electrons. The fourth-order valence-electron chi connectivity index (χ4n) is 2.21. The number of thioether (sulfide) groups is 1. The van der Waals surface area contributed by atoms with Gasteiger partial charge in [0.05, 0.1) is 16.5 Å². The average molecular weight is 393 g/mol. The molecule has 0 radical (unpaired) electrons. The number of para-hydroxylation sites is 1. The van der Waals surface area contributed by atoms with E-state index in [1.54, 1.807) is 6.92 Å². The lowest BCUT2D eigenvalue weighted by Gasteiger charge is -2.13. The van der Waals surface area contributed by atoms with E-state index in [0.29, 0.717) is 5.16 Å². The number of tetrazole rings is 1. The van der Waals surface area contributed by atoms with Gasteiger partial charge in [0.1, 0.15) is 0 Å². The zero-order valence-electron chi connectivity index (χ0n) is 14.0. The summed E-state index contributed by atoms with van der Waals surface area (Å²) < 4.78 is 39.8. The molecule has 0 aliphatic rings. The van der Waals surface area contributed by atoms with Crippen LogP contribution in [-0.2, 0) is 11.0 Å². The number of aromatic nitrogens is 4. The highest BCUT2D eigenvalue weighted by atomic mass is 32.2. The predicted octanol–water partition coefficient (Wildman–Crippen LogP) is 3.80.